The molecule has 0 aromatic heterocycles. The summed E-state index contributed by atoms with van der Waals surface area (Å²) >= 11 is 12.0. The second-order valence-corrected chi connectivity index (χ2v) is 4.81. The second kappa shape index (κ2) is 6.24. The third-order valence-electron chi connectivity index (χ3n) is 2.73. The van der Waals surface area contributed by atoms with Crippen molar-refractivity contribution in [2.45, 2.75) is 6.04 Å². The van der Waals surface area contributed by atoms with Gasteiger partial charge in [-0.1, -0.05) is 41.4 Å². The number of hydrogen-bond acceptors (Lipinski definition) is 2. The van der Waals surface area contributed by atoms with Crippen LogP contribution in [0.2, 0.25) is 10.0 Å². The molecule has 2 aromatic rings. The first-order valence-electron chi connectivity index (χ1n) is 5.69. The van der Waals surface area contributed by atoms with Crippen molar-refractivity contribution in [3.8, 4) is 0 Å². The van der Waals surface area contributed by atoms with E-state index in [9.17, 15) is 9.50 Å². The number of aliphatic hydroxyl groups is 1. The Kier molecular flexibility index (Phi) is 4.64. The van der Waals surface area contributed by atoms with Gasteiger partial charge in [0.25, 0.3) is 0 Å². The van der Waals surface area contributed by atoms with Gasteiger partial charge < -0.3 is 10.4 Å². The van der Waals surface area contributed by atoms with Crippen molar-refractivity contribution in [3.63, 3.8) is 0 Å². The summed E-state index contributed by atoms with van der Waals surface area (Å²) in [6, 6.07) is 10.8. The van der Waals surface area contributed by atoms with Crippen LogP contribution in [0.3, 0.4) is 0 Å². The lowest BCUT2D eigenvalue weighted by Crippen LogP contribution is -2.17. The molecule has 0 amide bonds. The summed E-state index contributed by atoms with van der Waals surface area (Å²) in [5.41, 5.74) is 0.842. The summed E-state index contributed by atoms with van der Waals surface area (Å²) in [5, 5.41) is 13.2. The molecular formula is C14H12Cl2FNO. The van der Waals surface area contributed by atoms with Gasteiger partial charge >= 0.3 is 0 Å². The van der Waals surface area contributed by atoms with E-state index in [4.69, 9.17) is 23.2 Å². The maximum atomic E-state index is 13.8. The lowest BCUT2D eigenvalue weighted by molar-refractivity contribution is 0.274. The quantitative estimate of drug-likeness (QED) is 0.883. The topological polar surface area (TPSA) is 32.3 Å². The summed E-state index contributed by atoms with van der Waals surface area (Å²) in [5.74, 6) is -0.467. The Labute approximate surface area is 120 Å². The molecule has 0 spiro atoms. The molecule has 1 unspecified atom stereocenters. The number of rotatable bonds is 4. The van der Waals surface area contributed by atoms with Gasteiger partial charge in [-0.05, 0) is 24.3 Å². The Balaban J connectivity index is 2.34. The monoisotopic (exact) mass is 299 g/mol. The molecule has 19 heavy (non-hydrogen) atoms. The van der Waals surface area contributed by atoms with Crippen molar-refractivity contribution in [1.82, 2.24) is 0 Å². The molecule has 0 radical (unpaired) electrons. The van der Waals surface area contributed by atoms with Gasteiger partial charge in [0.2, 0.25) is 0 Å². The number of benzene rings is 2. The van der Waals surface area contributed by atoms with Crippen LogP contribution in [0.1, 0.15) is 11.6 Å². The number of hydrogen-bond donors (Lipinski definition) is 2. The number of para-hydroxylation sites is 1. The van der Waals surface area contributed by atoms with Crippen LogP contribution in [-0.2, 0) is 0 Å². The van der Waals surface area contributed by atoms with E-state index in [-0.39, 0.29) is 17.2 Å². The molecule has 0 saturated heterocycles. The molecule has 2 aromatic carbocycles. The largest absolute Gasteiger partial charge is 0.394 e. The normalized spacial score (nSPS) is 12.2. The molecule has 0 heterocycles. The van der Waals surface area contributed by atoms with Gasteiger partial charge in [-0.15, -0.1) is 0 Å². The fourth-order valence-electron chi connectivity index (χ4n) is 1.82. The van der Waals surface area contributed by atoms with Gasteiger partial charge in [0.15, 0.2) is 0 Å². The highest BCUT2D eigenvalue weighted by Crippen LogP contribution is 2.30. The van der Waals surface area contributed by atoms with Crippen molar-refractivity contribution >= 4 is 28.9 Å². The first-order valence-corrected chi connectivity index (χ1v) is 6.45. The van der Waals surface area contributed by atoms with Gasteiger partial charge in [-0.2, -0.15) is 0 Å². The fourth-order valence-corrected chi connectivity index (χ4v) is 2.30. The van der Waals surface area contributed by atoms with Gasteiger partial charge in [0.05, 0.1) is 23.4 Å². The first kappa shape index (κ1) is 14.1. The predicted octanol–water partition coefficient (Wildman–Crippen LogP) is 4.28. The number of anilines is 1. The molecule has 0 aliphatic heterocycles. The van der Waals surface area contributed by atoms with Crippen molar-refractivity contribution in [2.75, 3.05) is 11.9 Å². The minimum absolute atomic E-state index is 0.228. The van der Waals surface area contributed by atoms with Gasteiger partial charge in [-0.25, -0.2) is 4.39 Å². The Morgan fingerprint density at radius 3 is 2.37 bits per heavy atom. The fraction of sp³-hybridized carbons (Fsp3) is 0.143. The average Bonchev–Trinajstić information content (AvgIpc) is 2.39. The number of halogens is 3. The molecule has 1 atom stereocenters. The van der Waals surface area contributed by atoms with E-state index in [1.807, 2.05) is 0 Å². The lowest BCUT2D eigenvalue weighted by atomic mass is 10.1. The third kappa shape index (κ3) is 3.18. The zero-order valence-electron chi connectivity index (χ0n) is 9.91. The minimum Gasteiger partial charge on any atom is -0.394 e. The number of nitrogens with one attached hydrogen (secondary N) is 1. The van der Waals surface area contributed by atoms with Gasteiger partial charge in [-0.3, -0.25) is 0 Å². The molecule has 100 valence electrons. The highest BCUT2D eigenvalue weighted by Gasteiger charge is 2.18. The zero-order chi connectivity index (χ0) is 13.8. The minimum atomic E-state index is -0.659. The maximum Gasteiger partial charge on any atom is 0.130 e. The Morgan fingerprint density at radius 1 is 1.05 bits per heavy atom. The molecule has 2 nitrogen and oxygen atoms in total. The highest BCUT2D eigenvalue weighted by molar-refractivity contribution is 6.33. The van der Waals surface area contributed by atoms with Crippen molar-refractivity contribution in [1.29, 1.82) is 0 Å². The second-order valence-electron chi connectivity index (χ2n) is 3.99. The van der Waals surface area contributed by atoms with Crippen LogP contribution < -0.4 is 5.32 Å². The SMILES string of the molecule is OCC(Nc1ccccc1Cl)c1c(F)cccc1Cl. The molecule has 0 bridgehead atoms. The van der Waals surface area contributed by atoms with E-state index in [0.717, 1.165) is 0 Å². The summed E-state index contributed by atoms with van der Waals surface area (Å²) < 4.78 is 13.8. The molecule has 5 heteroatoms. The molecule has 0 fully saturated rings. The van der Waals surface area contributed by atoms with E-state index < -0.39 is 11.9 Å². The molecule has 0 saturated carbocycles. The molecular weight excluding hydrogens is 288 g/mol. The van der Waals surface area contributed by atoms with E-state index in [1.165, 1.54) is 12.1 Å². The standard InChI is InChI=1S/C14H12Cl2FNO/c15-9-4-1-2-7-12(9)18-13(8-19)14-10(16)5-3-6-11(14)17/h1-7,13,18-19H,8H2. The Morgan fingerprint density at radius 2 is 1.74 bits per heavy atom. The number of aliphatic hydroxyl groups excluding tert-OH is 1. The maximum absolute atomic E-state index is 13.8. The Hall–Kier alpha value is -1.29. The first-order chi connectivity index (χ1) is 9.13. The molecule has 0 aliphatic rings. The zero-order valence-corrected chi connectivity index (χ0v) is 11.4. The lowest BCUT2D eigenvalue weighted by Gasteiger charge is -2.20. The summed E-state index contributed by atoms with van der Waals surface area (Å²) in [6.45, 7) is -0.300. The van der Waals surface area contributed by atoms with Crippen molar-refractivity contribution < 1.29 is 9.50 Å². The van der Waals surface area contributed by atoms with Crippen LogP contribution in [0.25, 0.3) is 0 Å². The molecule has 2 rings (SSSR count). The van der Waals surface area contributed by atoms with E-state index in [2.05, 4.69) is 5.32 Å². The van der Waals surface area contributed by atoms with Crippen LogP contribution in [-0.4, -0.2) is 11.7 Å². The van der Waals surface area contributed by atoms with Crippen molar-refractivity contribution in [2.24, 2.45) is 0 Å². The van der Waals surface area contributed by atoms with Crippen molar-refractivity contribution in [3.05, 3.63) is 63.9 Å². The summed E-state index contributed by atoms with van der Waals surface area (Å²) in [7, 11) is 0. The van der Waals surface area contributed by atoms with E-state index >= 15 is 0 Å². The average molecular weight is 300 g/mol. The van der Waals surface area contributed by atoms with Gasteiger partial charge in [0, 0.05) is 10.6 Å². The van der Waals surface area contributed by atoms with Crippen LogP contribution >= 0.6 is 23.2 Å². The van der Waals surface area contributed by atoms with E-state index in [0.29, 0.717) is 10.7 Å². The molecule has 2 N–H and O–H groups in total. The van der Waals surface area contributed by atoms with E-state index in [1.54, 1.807) is 30.3 Å². The van der Waals surface area contributed by atoms with Crippen LogP contribution in [0, 0.1) is 5.82 Å². The smallest absolute Gasteiger partial charge is 0.130 e. The summed E-state index contributed by atoms with van der Waals surface area (Å²) in [4.78, 5) is 0. The highest BCUT2D eigenvalue weighted by atomic mass is 35.5. The van der Waals surface area contributed by atoms with Gasteiger partial charge in [0.1, 0.15) is 5.82 Å². The predicted molar refractivity (Wildman–Crippen MR) is 76.3 cm³/mol. The summed E-state index contributed by atoms with van der Waals surface area (Å²) in [6.07, 6.45) is 0. The van der Waals surface area contributed by atoms with Crippen LogP contribution in [0.15, 0.2) is 42.5 Å². The third-order valence-corrected chi connectivity index (χ3v) is 3.39. The van der Waals surface area contributed by atoms with Crippen LogP contribution in [0.4, 0.5) is 10.1 Å². The molecule has 0 aliphatic carbocycles. The Bertz CT molecular complexity index is 557. The van der Waals surface area contributed by atoms with Crippen LogP contribution in [0.5, 0.6) is 0 Å².